The number of thiazole rings is 1. The molecule has 1 aliphatic heterocycles. The van der Waals surface area contributed by atoms with Crippen LogP contribution in [0.5, 0.6) is 0 Å². The quantitative estimate of drug-likeness (QED) is 0.414. The highest BCUT2D eigenvalue weighted by molar-refractivity contribution is 7.07. The molecule has 4 aromatic rings. The van der Waals surface area contributed by atoms with E-state index in [1.807, 2.05) is 66.8 Å². The van der Waals surface area contributed by atoms with Crippen molar-refractivity contribution in [1.29, 1.82) is 0 Å². The van der Waals surface area contributed by atoms with Crippen LogP contribution in [0, 0.1) is 5.82 Å². The summed E-state index contributed by atoms with van der Waals surface area (Å²) >= 11 is 1.38. The SMILES string of the molecule is O=c1c(=CC=Cc2ccccc2)sc2n1C(c1cccc(F)c1)C1=C(N=2)c2ccccc2CC1. The van der Waals surface area contributed by atoms with Gasteiger partial charge in [0.15, 0.2) is 4.80 Å². The van der Waals surface area contributed by atoms with E-state index in [2.05, 4.69) is 12.1 Å². The summed E-state index contributed by atoms with van der Waals surface area (Å²) in [6.45, 7) is 0. The maximum absolute atomic E-state index is 14.3. The number of hydrogen-bond acceptors (Lipinski definition) is 3. The van der Waals surface area contributed by atoms with E-state index in [0.29, 0.717) is 9.33 Å². The molecule has 1 aromatic heterocycles. The average molecular weight is 465 g/mol. The fourth-order valence-corrected chi connectivity index (χ4v) is 5.78. The topological polar surface area (TPSA) is 34.4 Å². The van der Waals surface area contributed by atoms with Gasteiger partial charge in [0.05, 0.1) is 16.3 Å². The molecule has 0 radical (unpaired) electrons. The smallest absolute Gasteiger partial charge is 0.271 e. The first-order valence-corrected chi connectivity index (χ1v) is 12.1. The zero-order valence-corrected chi connectivity index (χ0v) is 19.1. The number of fused-ring (bicyclic) bond motifs is 3. The van der Waals surface area contributed by atoms with Gasteiger partial charge in [-0.25, -0.2) is 9.38 Å². The van der Waals surface area contributed by atoms with Gasteiger partial charge in [-0.15, -0.1) is 0 Å². The first-order valence-electron chi connectivity index (χ1n) is 11.3. The summed E-state index contributed by atoms with van der Waals surface area (Å²) in [6.07, 6.45) is 7.38. The Hall–Kier alpha value is -3.83. The van der Waals surface area contributed by atoms with Gasteiger partial charge in [0, 0.05) is 5.56 Å². The lowest BCUT2D eigenvalue weighted by Crippen LogP contribution is -2.38. The highest BCUT2D eigenvalue weighted by Gasteiger charge is 2.32. The molecule has 0 saturated heterocycles. The van der Waals surface area contributed by atoms with Gasteiger partial charge in [-0.2, -0.15) is 0 Å². The number of nitrogens with zero attached hydrogens (tertiary/aromatic N) is 2. The van der Waals surface area contributed by atoms with E-state index in [9.17, 15) is 9.18 Å². The number of rotatable bonds is 3. The molecule has 3 nitrogen and oxygen atoms in total. The zero-order valence-electron chi connectivity index (χ0n) is 18.3. The van der Waals surface area contributed by atoms with Crippen molar-refractivity contribution in [2.75, 3.05) is 0 Å². The second-order valence-corrected chi connectivity index (χ2v) is 9.47. The van der Waals surface area contributed by atoms with Gasteiger partial charge in [-0.05, 0) is 53.3 Å². The van der Waals surface area contributed by atoms with E-state index in [-0.39, 0.29) is 17.4 Å². The van der Waals surface area contributed by atoms with E-state index < -0.39 is 0 Å². The van der Waals surface area contributed by atoms with Crippen molar-refractivity contribution in [3.63, 3.8) is 0 Å². The van der Waals surface area contributed by atoms with Crippen LogP contribution in [0.4, 0.5) is 4.39 Å². The Kier molecular flexibility index (Phi) is 5.19. The number of aromatic nitrogens is 1. The Balaban J connectivity index is 1.55. The lowest BCUT2D eigenvalue weighted by atomic mass is 9.83. The van der Waals surface area contributed by atoms with Crippen LogP contribution in [0.15, 0.2) is 100 Å². The molecule has 1 aliphatic carbocycles. The molecule has 0 saturated carbocycles. The molecular formula is C29H21FN2OS. The van der Waals surface area contributed by atoms with Gasteiger partial charge < -0.3 is 0 Å². The van der Waals surface area contributed by atoms with Crippen LogP contribution < -0.4 is 14.9 Å². The highest BCUT2D eigenvalue weighted by Crippen LogP contribution is 2.41. The van der Waals surface area contributed by atoms with Crippen molar-refractivity contribution in [3.8, 4) is 0 Å². The van der Waals surface area contributed by atoms with Gasteiger partial charge >= 0.3 is 0 Å². The third kappa shape index (κ3) is 3.58. The van der Waals surface area contributed by atoms with E-state index in [1.165, 1.54) is 29.0 Å². The summed E-state index contributed by atoms with van der Waals surface area (Å²) in [5, 5.41) is 0. The second kappa shape index (κ2) is 8.50. The Bertz CT molecular complexity index is 1640. The zero-order chi connectivity index (χ0) is 23.1. The molecule has 2 aliphatic rings. The standard InChI is InChI=1S/C29H21FN2OS/c30-22-13-7-12-21(18-22)27-24-17-16-20-11-4-5-14-23(20)26(24)31-29-32(27)28(33)25(34-29)15-6-10-19-8-2-1-3-9-19/h1-15,18,27H,16-17H2. The van der Waals surface area contributed by atoms with Crippen LogP contribution in [0.1, 0.15) is 34.7 Å². The minimum Gasteiger partial charge on any atom is -0.272 e. The van der Waals surface area contributed by atoms with Crippen LogP contribution >= 0.6 is 11.3 Å². The minimum atomic E-state index is -0.365. The van der Waals surface area contributed by atoms with Crippen molar-refractivity contribution >= 4 is 29.2 Å². The van der Waals surface area contributed by atoms with Crippen molar-refractivity contribution in [3.05, 3.63) is 138 Å². The summed E-state index contributed by atoms with van der Waals surface area (Å²) in [6, 6.07) is 24.5. The van der Waals surface area contributed by atoms with E-state index in [1.54, 1.807) is 10.6 Å². The van der Waals surface area contributed by atoms with Crippen LogP contribution in [0.3, 0.4) is 0 Å². The Morgan fingerprint density at radius 1 is 0.971 bits per heavy atom. The normalized spacial score (nSPS) is 17.3. The van der Waals surface area contributed by atoms with Crippen LogP contribution in [0.2, 0.25) is 0 Å². The number of hydrogen-bond donors (Lipinski definition) is 0. The molecule has 0 spiro atoms. The first-order chi connectivity index (χ1) is 16.7. The Labute approximate surface area is 200 Å². The lowest BCUT2D eigenvalue weighted by molar-refractivity contribution is 0.574. The van der Waals surface area contributed by atoms with Crippen molar-refractivity contribution in [1.82, 2.24) is 4.57 Å². The van der Waals surface area contributed by atoms with Crippen LogP contribution in [0.25, 0.3) is 17.8 Å². The average Bonchev–Trinajstić information content (AvgIpc) is 3.18. The predicted molar refractivity (Wildman–Crippen MR) is 136 cm³/mol. The van der Waals surface area contributed by atoms with Crippen molar-refractivity contribution in [2.45, 2.75) is 18.9 Å². The molecule has 1 unspecified atom stereocenters. The Morgan fingerprint density at radius 2 is 1.79 bits per heavy atom. The van der Waals surface area contributed by atoms with Gasteiger partial charge in [0.1, 0.15) is 5.82 Å². The third-order valence-electron chi connectivity index (χ3n) is 6.37. The molecule has 0 fully saturated rings. The van der Waals surface area contributed by atoms with E-state index in [0.717, 1.165) is 40.8 Å². The monoisotopic (exact) mass is 464 g/mol. The molecule has 0 N–H and O–H groups in total. The van der Waals surface area contributed by atoms with Crippen LogP contribution in [-0.4, -0.2) is 4.57 Å². The molecule has 0 amide bonds. The second-order valence-electron chi connectivity index (χ2n) is 8.46. The lowest BCUT2D eigenvalue weighted by Gasteiger charge is -2.30. The molecule has 0 bridgehead atoms. The number of aryl methyl sites for hydroxylation is 1. The summed E-state index contributed by atoms with van der Waals surface area (Å²) in [5.74, 6) is -0.305. The van der Waals surface area contributed by atoms with Gasteiger partial charge in [-0.1, -0.05) is 90.2 Å². The van der Waals surface area contributed by atoms with Crippen molar-refractivity contribution in [2.24, 2.45) is 4.99 Å². The molecule has 166 valence electrons. The molecule has 1 atom stereocenters. The Morgan fingerprint density at radius 3 is 2.65 bits per heavy atom. The summed E-state index contributed by atoms with van der Waals surface area (Å²) in [4.78, 5) is 19.2. The minimum absolute atomic E-state index is 0.0962. The van der Waals surface area contributed by atoms with Gasteiger partial charge in [-0.3, -0.25) is 9.36 Å². The molecule has 5 heteroatoms. The molecule has 6 rings (SSSR count). The fraction of sp³-hybridized carbons (Fsp3) is 0.103. The van der Waals surface area contributed by atoms with Gasteiger partial charge in [0.2, 0.25) is 0 Å². The number of halogens is 1. The van der Waals surface area contributed by atoms with Gasteiger partial charge in [0.25, 0.3) is 5.56 Å². The maximum Gasteiger partial charge on any atom is 0.271 e. The molecule has 34 heavy (non-hydrogen) atoms. The maximum atomic E-state index is 14.3. The largest absolute Gasteiger partial charge is 0.272 e. The molecular weight excluding hydrogens is 443 g/mol. The predicted octanol–water partition coefficient (Wildman–Crippen LogP) is 5.12. The number of allylic oxidation sites excluding steroid dienone is 2. The third-order valence-corrected chi connectivity index (χ3v) is 7.37. The molecule has 2 heterocycles. The summed E-state index contributed by atoms with van der Waals surface area (Å²) < 4.78 is 16.6. The molecule has 3 aromatic carbocycles. The summed E-state index contributed by atoms with van der Waals surface area (Å²) in [7, 11) is 0. The summed E-state index contributed by atoms with van der Waals surface area (Å²) in [5.41, 5.74) is 6.10. The highest BCUT2D eigenvalue weighted by atomic mass is 32.1. The van der Waals surface area contributed by atoms with E-state index in [4.69, 9.17) is 4.99 Å². The first kappa shape index (κ1) is 20.8. The van der Waals surface area contributed by atoms with Crippen LogP contribution in [-0.2, 0) is 6.42 Å². The fourth-order valence-electron chi connectivity index (χ4n) is 4.82. The number of benzene rings is 3. The van der Waals surface area contributed by atoms with Crippen molar-refractivity contribution < 1.29 is 4.39 Å². The van der Waals surface area contributed by atoms with E-state index >= 15 is 0 Å².